The largest absolute Gasteiger partial charge is 0.573 e. The lowest BCUT2D eigenvalue weighted by molar-refractivity contribution is -0.274. The highest BCUT2D eigenvalue weighted by molar-refractivity contribution is 5.99. The molecule has 0 radical (unpaired) electrons. The molecule has 0 amide bonds. The molecule has 1 N–H and O–H groups in total. The van der Waals surface area contributed by atoms with E-state index in [-0.39, 0.29) is 29.5 Å². The number of benzene rings is 1. The number of halogens is 3. The van der Waals surface area contributed by atoms with Crippen molar-refractivity contribution in [1.29, 1.82) is 5.26 Å². The van der Waals surface area contributed by atoms with Crippen LogP contribution in [0.1, 0.15) is 60.0 Å². The molecule has 1 atom stereocenters. The average molecular weight is 539 g/mol. The molecule has 39 heavy (non-hydrogen) atoms. The Kier molecular flexibility index (Phi) is 6.80. The van der Waals surface area contributed by atoms with E-state index in [9.17, 15) is 28.3 Å². The third-order valence-corrected chi connectivity index (χ3v) is 7.34. The summed E-state index contributed by atoms with van der Waals surface area (Å²) in [6, 6.07) is 7.25. The lowest BCUT2D eigenvalue weighted by Gasteiger charge is -2.23. The highest BCUT2D eigenvalue weighted by Crippen LogP contribution is 2.44. The topological polar surface area (TPSA) is 114 Å². The van der Waals surface area contributed by atoms with Crippen molar-refractivity contribution >= 4 is 17.0 Å². The monoisotopic (exact) mass is 538 g/mol. The summed E-state index contributed by atoms with van der Waals surface area (Å²) in [6.07, 6.45) is 2.50. The molecule has 1 saturated carbocycles. The fourth-order valence-electron chi connectivity index (χ4n) is 5.65. The lowest BCUT2D eigenvalue weighted by Crippen LogP contribution is -2.18. The minimum absolute atomic E-state index is 0.0564. The maximum Gasteiger partial charge on any atom is 0.573 e. The lowest BCUT2D eigenvalue weighted by atomic mass is 9.95. The van der Waals surface area contributed by atoms with Crippen LogP contribution in [-0.2, 0) is 0 Å². The maximum absolute atomic E-state index is 13.4. The summed E-state index contributed by atoms with van der Waals surface area (Å²) in [5.74, 6) is -1.23. The number of nitriles is 1. The Morgan fingerprint density at radius 2 is 2.00 bits per heavy atom. The number of rotatable bonds is 7. The van der Waals surface area contributed by atoms with Crippen LogP contribution in [0.25, 0.3) is 33.3 Å². The van der Waals surface area contributed by atoms with Crippen molar-refractivity contribution < 1.29 is 32.3 Å². The van der Waals surface area contributed by atoms with Crippen LogP contribution >= 0.6 is 0 Å². The Balaban J connectivity index is 1.78. The summed E-state index contributed by atoms with van der Waals surface area (Å²) in [4.78, 5) is 16.3. The molecular formula is C28H25F3N4O4. The van der Waals surface area contributed by atoms with Crippen LogP contribution in [-0.4, -0.2) is 32.1 Å². The van der Waals surface area contributed by atoms with Crippen LogP contribution in [0, 0.1) is 31.1 Å². The SMILES string of the molecule is Cc1noc(C)c1-c1cnc2c(c1)c(-c1ccc(C(=O)O)cc1OC(F)(F)F)cn2C(CC#N)C1CCCC1. The molecule has 3 heterocycles. The molecule has 4 aromatic rings. The Hall–Kier alpha value is -4.33. The number of hydrogen-bond donors (Lipinski definition) is 1. The van der Waals surface area contributed by atoms with Gasteiger partial charge in [0, 0.05) is 40.0 Å². The number of aryl methyl sites for hydroxylation is 2. The van der Waals surface area contributed by atoms with E-state index in [4.69, 9.17) is 9.51 Å². The van der Waals surface area contributed by atoms with E-state index in [1.54, 1.807) is 32.3 Å². The number of nitrogens with zero attached hydrogens (tertiary/aromatic N) is 4. The third kappa shape index (κ3) is 5.06. The van der Waals surface area contributed by atoms with Crippen molar-refractivity contribution in [3.8, 4) is 34.1 Å². The Morgan fingerprint density at radius 3 is 2.62 bits per heavy atom. The fourth-order valence-corrected chi connectivity index (χ4v) is 5.65. The predicted octanol–water partition coefficient (Wildman–Crippen LogP) is 7.22. The molecule has 0 bridgehead atoms. The van der Waals surface area contributed by atoms with E-state index in [1.165, 1.54) is 12.1 Å². The van der Waals surface area contributed by atoms with E-state index in [2.05, 4.69) is 16.0 Å². The summed E-state index contributed by atoms with van der Waals surface area (Å²) >= 11 is 0. The van der Waals surface area contributed by atoms with Gasteiger partial charge in [-0.2, -0.15) is 5.26 Å². The molecule has 0 saturated heterocycles. The van der Waals surface area contributed by atoms with Crippen LogP contribution in [0.5, 0.6) is 5.75 Å². The van der Waals surface area contributed by atoms with Crippen LogP contribution in [0.4, 0.5) is 13.2 Å². The average Bonchev–Trinajstić information content (AvgIpc) is 3.61. The molecule has 202 valence electrons. The summed E-state index contributed by atoms with van der Waals surface area (Å²) in [6.45, 7) is 3.54. The van der Waals surface area contributed by atoms with E-state index in [0.717, 1.165) is 37.3 Å². The van der Waals surface area contributed by atoms with Gasteiger partial charge >= 0.3 is 12.3 Å². The third-order valence-electron chi connectivity index (χ3n) is 7.34. The molecule has 1 aromatic carbocycles. The van der Waals surface area contributed by atoms with Gasteiger partial charge < -0.3 is 18.9 Å². The number of ether oxygens (including phenoxy) is 1. The number of fused-ring (bicyclic) bond motifs is 1. The molecule has 1 aliphatic carbocycles. The first-order valence-corrected chi connectivity index (χ1v) is 12.5. The summed E-state index contributed by atoms with van der Waals surface area (Å²) in [7, 11) is 0. The van der Waals surface area contributed by atoms with E-state index < -0.39 is 18.1 Å². The zero-order chi connectivity index (χ0) is 27.9. The van der Waals surface area contributed by atoms with Crippen LogP contribution in [0.3, 0.4) is 0 Å². The zero-order valence-electron chi connectivity index (χ0n) is 21.2. The number of aromatic carboxylic acids is 1. The molecule has 8 nitrogen and oxygen atoms in total. The highest BCUT2D eigenvalue weighted by Gasteiger charge is 2.34. The minimum atomic E-state index is -5.04. The molecule has 1 unspecified atom stereocenters. The highest BCUT2D eigenvalue weighted by atomic mass is 19.4. The van der Waals surface area contributed by atoms with Crippen molar-refractivity contribution in [2.24, 2.45) is 5.92 Å². The Morgan fingerprint density at radius 1 is 1.26 bits per heavy atom. The van der Waals surface area contributed by atoms with Crippen molar-refractivity contribution in [3.63, 3.8) is 0 Å². The quantitative estimate of drug-likeness (QED) is 0.264. The van der Waals surface area contributed by atoms with Gasteiger partial charge in [-0.25, -0.2) is 9.78 Å². The molecule has 11 heteroatoms. The van der Waals surface area contributed by atoms with E-state index in [1.807, 2.05) is 4.57 Å². The van der Waals surface area contributed by atoms with Crippen LogP contribution in [0.15, 0.2) is 41.2 Å². The number of aromatic nitrogens is 3. The summed E-state index contributed by atoms with van der Waals surface area (Å²) < 4.78 is 51.8. The molecule has 0 aliphatic heterocycles. The Labute approximate surface area is 221 Å². The van der Waals surface area contributed by atoms with Gasteiger partial charge in [0.15, 0.2) is 0 Å². The van der Waals surface area contributed by atoms with E-state index >= 15 is 0 Å². The molecule has 1 aliphatic rings. The second-order valence-electron chi connectivity index (χ2n) is 9.78. The number of carboxylic acids is 1. The van der Waals surface area contributed by atoms with Crippen LogP contribution in [0.2, 0.25) is 0 Å². The number of pyridine rings is 1. The van der Waals surface area contributed by atoms with Gasteiger partial charge in [0.25, 0.3) is 0 Å². The Bertz CT molecular complexity index is 1570. The fraction of sp³-hybridized carbons (Fsp3) is 0.357. The van der Waals surface area contributed by atoms with Gasteiger partial charge in [-0.05, 0) is 56.9 Å². The first-order valence-electron chi connectivity index (χ1n) is 12.5. The number of alkyl halides is 3. The van der Waals surface area contributed by atoms with Crippen molar-refractivity contribution in [2.75, 3.05) is 0 Å². The van der Waals surface area contributed by atoms with Gasteiger partial charge in [0.05, 0.1) is 29.8 Å². The molecule has 0 spiro atoms. The molecular weight excluding hydrogens is 513 g/mol. The standard InChI is InChI=1S/C28H25F3N4O4/c1-15-25(16(2)39-34-15)19-11-21-22(20-8-7-18(27(36)37)12-24(20)38-28(29,30)31)14-35(26(21)33-13-19)23(9-10-32)17-5-3-4-6-17/h7-8,11-14,17,23H,3-6,9H2,1-2H3,(H,36,37). The number of hydrogen-bond acceptors (Lipinski definition) is 6. The molecule has 5 rings (SSSR count). The van der Waals surface area contributed by atoms with Gasteiger partial charge in [-0.3, -0.25) is 0 Å². The van der Waals surface area contributed by atoms with Gasteiger partial charge in [0.2, 0.25) is 0 Å². The number of carboxylic acid groups (broad SMARTS) is 1. The van der Waals surface area contributed by atoms with Crippen molar-refractivity contribution in [3.05, 3.63) is 53.7 Å². The minimum Gasteiger partial charge on any atom is -0.478 e. The van der Waals surface area contributed by atoms with Crippen molar-refractivity contribution in [2.45, 2.75) is 58.4 Å². The first kappa shape index (κ1) is 26.3. The predicted molar refractivity (Wildman–Crippen MR) is 135 cm³/mol. The summed E-state index contributed by atoms with van der Waals surface area (Å²) in [5.41, 5.74) is 2.62. The first-order chi connectivity index (χ1) is 18.6. The maximum atomic E-state index is 13.4. The molecule has 1 fully saturated rings. The molecule has 3 aromatic heterocycles. The zero-order valence-corrected chi connectivity index (χ0v) is 21.2. The second kappa shape index (κ2) is 10.1. The second-order valence-corrected chi connectivity index (χ2v) is 9.78. The van der Waals surface area contributed by atoms with Gasteiger partial charge in [-0.15, -0.1) is 13.2 Å². The van der Waals surface area contributed by atoms with Crippen LogP contribution < -0.4 is 4.74 Å². The smallest absolute Gasteiger partial charge is 0.478 e. The van der Waals surface area contributed by atoms with Gasteiger partial charge in [-0.1, -0.05) is 18.0 Å². The van der Waals surface area contributed by atoms with Gasteiger partial charge in [0.1, 0.15) is 17.2 Å². The summed E-state index contributed by atoms with van der Waals surface area (Å²) in [5, 5.41) is 23.6. The normalized spacial score (nSPS) is 15.0. The van der Waals surface area contributed by atoms with E-state index in [0.29, 0.717) is 33.6 Å². The van der Waals surface area contributed by atoms with Crippen molar-refractivity contribution in [1.82, 2.24) is 14.7 Å². The number of carbonyl (C=O) groups is 1.